The van der Waals surface area contributed by atoms with Crippen LogP contribution >= 0.6 is 0 Å². The van der Waals surface area contributed by atoms with Crippen molar-refractivity contribution < 1.29 is 14.6 Å². The Morgan fingerprint density at radius 2 is 2.05 bits per heavy atom. The molecule has 0 aliphatic carbocycles. The van der Waals surface area contributed by atoms with Gasteiger partial charge in [-0.25, -0.2) is 0 Å². The Morgan fingerprint density at radius 3 is 2.71 bits per heavy atom. The van der Waals surface area contributed by atoms with E-state index in [0.717, 1.165) is 17.1 Å². The number of para-hydroxylation sites is 1. The quantitative estimate of drug-likeness (QED) is 0.850. The highest BCUT2D eigenvalue weighted by Crippen LogP contribution is 2.32. The molecular weight excluding hydrogens is 266 g/mol. The molecule has 0 fully saturated rings. The van der Waals surface area contributed by atoms with Crippen molar-refractivity contribution in [1.29, 1.82) is 0 Å². The first-order valence-electron chi connectivity index (χ1n) is 7.14. The number of aliphatic hydroxyl groups is 1. The summed E-state index contributed by atoms with van der Waals surface area (Å²) in [4.78, 5) is 4.18. The van der Waals surface area contributed by atoms with Crippen molar-refractivity contribution in [2.45, 2.75) is 25.9 Å². The predicted molar refractivity (Wildman–Crippen MR) is 81.7 cm³/mol. The first kappa shape index (κ1) is 15.3. The van der Waals surface area contributed by atoms with E-state index in [1.807, 2.05) is 43.3 Å². The van der Waals surface area contributed by atoms with E-state index in [4.69, 9.17) is 9.47 Å². The molecule has 2 aromatic rings. The minimum atomic E-state index is -0.577. The zero-order valence-electron chi connectivity index (χ0n) is 12.5. The molecule has 4 heteroatoms. The highest BCUT2D eigenvalue weighted by atomic mass is 16.5. The molecule has 112 valence electrons. The van der Waals surface area contributed by atoms with Crippen molar-refractivity contribution in [2.24, 2.45) is 0 Å². The molecule has 21 heavy (non-hydrogen) atoms. The van der Waals surface area contributed by atoms with Crippen molar-refractivity contribution >= 4 is 0 Å². The van der Waals surface area contributed by atoms with Gasteiger partial charge in [-0.05, 0) is 43.5 Å². The second-order valence-electron chi connectivity index (χ2n) is 4.69. The summed E-state index contributed by atoms with van der Waals surface area (Å²) in [6.07, 6.45) is 2.40. The Hall–Kier alpha value is -2.07. The van der Waals surface area contributed by atoms with Gasteiger partial charge in [-0.15, -0.1) is 0 Å². The summed E-state index contributed by atoms with van der Waals surface area (Å²) in [6, 6.07) is 11.4. The van der Waals surface area contributed by atoms with E-state index in [9.17, 15) is 5.11 Å². The van der Waals surface area contributed by atoms with Gasteiger partial charge in [0.25, 0.3) is 0 Å². The molecule has 1 aromatic carbocycles. The summed E-state index contributed by atoms with van der Waals surface area (Å²) >= 11 is 0. The zero-order valence-corrected chi connectivity index (χ0v) is 12.5. The number of rotatable bonds is 7. The fraction of sp³-hybridized carbons (Fsp3) is 0.353. The van der Waals surface area contributed by atoms with Crippen LogP contribution in [0.2, 0.25) is 0 Å². The first-order chi connectivity index (χ1) is 10.3. The van der Waals surface area contributed by atoms with Gasteiger partial charge in [0, 0.05) is 6.20 Å². The SMILES string of the molecule is CCOc1c(CCC(O)c2ccccn2)cccc1OC. The number of nitrogens with zero attached hydrogens (tertiary/aromatic N) is 1. The molecule has 0 bridgehead atoms. The van der Waals surface area contributed by atoms with Gasteiger partial charge in [0.2, 0.25) is 0 Å². The van der Waals surface area contributed by atoms with Crippen LogP contribution in [0.15, 0.2) is 42.6 Å². The number of aliphatic hydroxyl groups excluding tert-OH is 1. The molecule has 0 spiro atoms. The summed E-state index contributed by atoms with van der Waals surface area (Å²) in [5.74, 6) is 1.48. The molecule has 4 nitrogen and oxygen atoms in total. The summed E-state index contributed by atoms with van der Waals surface area (Å²) < 4.78 is 11.0. The average Bonchev–Trinajstić information content (AvgIpc) is 2.54. The molecule has 0 radical (unpaired) electrons. The van der Waals surface area contributed by atoms with E-state index in [1.54, 1.807) is 13.3 Å². The largest absolute Gasteiger partial charge is 0.493 e. The molecular formula is C17H21NO3. The maximum absolute atomic E-state index is 10.2. The fourth-order valence-corrected chi connectivity index (χ4v) is 2.24. The van der Waals surface area contributed by atoms with Crippen LogP contribution in [-0.4, -0.2) is 23.8 Å². The molecule has 0 saturated heterocycles. The number of aromatic nitrogens is 1. The van der Waals surface area contributed by atoms with Gasteiger partial charge in [0.05, 0.1) is 25.5 Å². The second-order valence-corrected chi connectivity index (χ2v) is 4.69. The Morgan fingerprint density at radius 1 is 1.19 bits per heavy atom. The van der Waals surface area contributed by atoms with E-state index < -0.39 is 6.10 Å². The van der Waals surface area contributed by atoms with Crippen molar-refractivity contribution in [2.75, 3.05) is 13.7 Å². The molecule has 1 heterocycles. The van der Waals surface area contributed by atoms with E-state index >= 15 is 0 Å². The minimum absolute atomic E-state index is 0.577. The summed E-state index contributed by atoms with van der Waals surface area (Å²) in [5, 5.41) is 10.2. The van der Waals surface area contributed by atoms with Gasteiger partial charge >= 0.3 is 0 Å². The number of benzene rings is 1. The minimum Gasteiger partial charge on any atom is -0.493 e. The van der Waals surface area contributed by atoms with Gasteiger partial charge < -0.3 is 14.6 Å². The van der Waals surface area contributed by atoms with Crippen LogP contribution in [0, 0.1) is 0 Å². The first-order valence-corrected chi connectivity index (χ1v) is 7.14. The monoisotopic (exact) mass is 287 g/mol. The number of ether oxygens (including phenoxy) is 2. The number of aryl methyl sites for hydroxylation is 1. The molecule has 0 aliphatic rings. The molecule has 2 rings (SSSR count). The van der Waals surface area contributed by atoms with Crippen LogP contribution in [0.25, 0.3) is 0 Å². The Bertz CT molecular complexity index is 557. The Kier molecular flexibility index (Phi) is 5.58. The maximum atomic E-state index is 10.2. The summed E-state index contributed by atoms with van der Waals surface area (Å²) in [7, 11) is 1.63. The predicted octanol–water partition coefficient (Wildman–Crippen LogP) is 3.16. The van der Waals surface area contributed by atoms with Gasteiger partial charge in [-0.1, -0.05) is 18.2 Å². The molecule has 0 saturated carbocycles. The highest BCUT2D eigenvalue weighted by Gasteiger charge is 2.13. The van der Waals surface area contributed by atoms with Gasteiger partial charge in [0.15, 0.2) is 11.5 Å². The van der Waals surface area contributed by atoms with E-state index in [0.29, 0.717) is 25.1 Å². The van der Waals surface area contributed by atoms with Crippen LogP contribution in [0.1, 0.15) is 30.7 Å². The highest BCUT2D eigenvalue weighted by molar-refractivity contribution is 5.46. The summed E-state index contributed by atoms with van der Waals surface area (Å²) in [6.45, 7) is 2.52. The summed E-state index contributed by atoms with van der Waals surface area (Å²) in [5.41, 5.74) is 1.73. The van der Waals surface area contributed by atoms with E-state index in [-0.39, 0.29) is 0 Å². The number of hydrogen-bond acceptors (Lipinski definition) is 4. The third kappa shape index (κ3) is 3.95. The van der Waals surface area contributed by atoms with E-state index in [2.05, 4.69) is 4.98 Å². The van der Waals surface area contributed by atoms with Crippen LogP contribution in [0.5, 0.6) is 11.5 Å². The lowest BCUT2D eigenvalue weighted by molar-refractivity contribution is 0.162. The van der Waals surface area contributed by atoms with Crippen LogP contribution in [0.3, 0.4) is 0 Å². The molecule has 0 amide bonds. The van der Waals surface area contributed by atoms with Crippen molar-refractivity contribution in [1.82, 2.24) is 4.98 Å². The lowest BCUT2D eigenvalue weighted by Crippen LogP contribution is -2.04. The topological polar surface area (TPSA) is 51.6 Å². The van der Waals surface area contributed by atoms with Crippen molar-refractivity contribution in [3.63, 3.8) is 0 Å². The fourth-order valence-electron chi connectivity index (χ4n) is 2.24. The van der Waals surface area contributed by atoms with Crippen molar-refractivity contribution in [3.8, 4) is 11.5 Å². The van der Waals surface area contributed by atoms with Crippen LogP contribution in [-0.2, 0) is 6.42 Å². The average molecular weight is 287 g/mol. The standard InChI is InChI=1S/C17H21NO3/c1-3-21-17-13(7-6-9-16(17)20-2)10-11-15(19)14-8-4-5-12-18-14/h4-9,12,15,19H,3,10-11H2,1-2H3. The zero-order chi connectivity index (χ0) is 15.1. The molecule has 1 N–H and O–H groups in total. The number of pyridine rings is 1. The third-order valence-corrected chi connectivity index (χ3v) is 3.29. The number of methoxy groups -OCH3 is 1. The molecule has 1 atom stereocenters. The van der Waals surface area contributed by atoms with Gasteiger partial charge in [-0.3, -0.25) is 4.98 Å². The molecule has 0 aliphatic heterocycles. The Labute approximate surface area is 125 Å². The van der Waals surface area contributed by atoms with Crippen LogP contribution in [0.4, 0.5) is 0 Å². The third-order valence-electron chi connectivity index (χ3n) is 3.29. The normalized spacial score (nSPS) is 12.0. The number of hydrogen-bond donors (Lipinski definition) is 1. The Balaban J connectivity index is 2.09. The van der Waals surface area contributed by atoms with Crippen LogP contribution < -0.4 is 9.47 Å². The smallest absolute Gasteiger partial charge is 0.164 e. The lowest BCUT2D eigenvalue weighted by atomic mass is 10.0. The molecule has 1 aromatic heterocycles. The second kappa shape index (κ2) is 7.64. The van der Waals surface area contributed by atoms with E-state index in [1.165, 1.54) is 0 Å². The van der Waals surface area contributed by atoms with Gasteiger partial charge in [0.1, 0.15) is 0 Å². The van der Waals surface area contributed by atoms with Gasteiger partial charge in [-0.2, -0.15) is 0 Å². The lowest BCUT2D eigenvalue weighted by Gasteiger charge is -2.15. The molecule has 1 unspecified atom stereocenters. The van der Waals surface area contributed by atoms with Crippen molar-refractivity contribution in [3.05, 3.63) is 53.9 Å². The maximum Gasteiger partial charge on any atom is 0.164 e.